The molecule has 2 unspecified atom stereocenters. The zero-order valence-corrected chi connectivity index (χ0v) is 13.6. The summed E-state index contributed by atoms with van der Waals surface area (Å²) in [7, 11) is -1.19. The number of Topliss-reactive ketones (excluding diaryl/α,β-unsaturated/α-hetero) is 1. The van der Waals surface area contributed by atoms with Gasteiger partial charge in [-0.2, -0.15) is 0 Å². The third-order valence-electron chi connectivity index (χ3n) is 4.31. The molecule has 2 aliphatic rings. The van der Waals surface area contributed by atoms with Gasteiger partial charge in [0.05, 0.1) is 0 Å². The van der Waals surface area contributed by atoms with Gasteiger partial charge < -0.3 is 0 Å². The van der Waals surface area contributed by atoms with Gasteiger partial charge in [0, 0.05) is 21.3 Å². The first kappa shape index (κ1) is 16.2. The fraction of sp³-hybridized carbons (Fsp3) is 0.867. The predicted molar refractivity (Wildman–Crippen MR) is 84.3 cm³/mol. The van der Waals surface area contributed by atoms with Crippen LogP contribution < -0.4 is 0 Å². The van der Waals surface area contributed by atoms with Crippen molar-refractivity contribution in [1.82, 2.24) is 0 Å². The van der Waals surface area contributed by atoms with Crippen LogP contribution in [0.25, 0.3) is 0 Å². The van der Waals surface area contributed by atoms with E-state index in [2.05, 4.69) is 0 Å². The summed E-state index contributed by atoms with van der Waals surface area (Å²) in [6.45, 7) is 0. The summed E-state index contributed by atoms with van der Waals surface area (Å²) in [5.74, 6) is -0.468. The lowest BCUT2D eigenvalue weighted by atomic mass is 10.0. The fourth-order valence-corrected chi connectivity index (χ4v) is 7.10. The van der Waals surface area contributed by atoms with Gasteiger partial charge in [-0.15, -0.1) is 11.8 Å². The molecule has 3 nitrogen and oxygen atoms in total. The van der Waals surface area contributed by atoms with Gasteiger partial charge in [0.15, 0.2) is 6.29 Å². The summed E-state index contributed by atoms with van der Waals surface area (Å²) in [5, 5.41) is 0.527. The number of hydrogen-bond acceptors (Lipinski definition) is 4. The Morgan fingerprint density at radius 3 is 2.10 bits per heavy atom. The van der Waals surface area contributed by atoms with E-state index in [1.165, 1.54) is 37.4 Å². The fourth-order valence-electron chi connectivity index (χ4n) is 3.14. The minimum absolute atomic E-state index is 0.119. The molecule has 0 aromatic carbocycles. The Morgan fingerprint density at radius 2 is 1.55 bits per heavy atom. The Bertz CT molecular complexity index is 358. The summed E-state index contributed by atoms with van der Waals surface area (Å²) in [4.78, 5) is 22.8. The van der Waals surface area contributed by atoms with E-state index in [0.29, 0.717) is 11.5 Å². The number of rotatable bonds is 6. The molecule has 0 aromatic rings. The van der Waals surface area contributed by atoms with Crippen molar-refractivity contribution in [2.75, 3.05) is 0 Å². The second-order valence-electron chi connectivity index (χ2n) is 5.84. The second kappa shape index (κ2) is 8.32. The Kier molecular flexibility index (Phi) is 6.75. The number of carbonyl (C=O) groups is 2. The van der Waals surface area contributed by atoms with Crippen LogP contribution in [0.1, 0.15) is 64.2 Å². The van der Waals surface area contributed by atoms with Gasteiger partial charge in [0.25, 0.3) is 0 Å². The molecule has 0 aliphatic heterocycles. The highest BCUT2D eigenvalue weighted by Crippen LogP contribution is 2.35. The van der Waals surface area contributed by atoms with Crippen LogP contribution in [0.15, 0.2) is 0 Å². The maximum atomic E-state index is 12.7. The second-order valence-corrected chi connectivity index (χ2v) is 9.34. The molecule has 0 heterocycles. The van der Waals surface area contributed by atoms with E-state index >= 15 is 0 Å². The molecule has 0 amide bonds. The average Bonchev–Trinajstić information content (AvgIpc) is 2.53. The van der Waals surface area contributed by atoms with Crippen molar-refractivity contribution < 1.29 is 13.8 Å². The first-order valence-corrected chi connectivity index (χ1v) is 9.98. The monoisotopic (exact) mass is 316 g/mol. The van der Waals surface area contributed by atoms with Crippen molar-refractivity contribution in [3.05, 3.63) is 0 Å². The summed E-state index contributed by atoms with van der Waals surface area (Å²) in [6.07, 6.45) is 11.5. The lowest BCUT2D eigenvalue weighted by Crippen LogP contribution is -2.34. The zero-order chi connectivity index (χ0) is 14.4. The predicted octanol–water partition coefficient (Wildman–Crippen LogP) is 3.23. The van der Waals surface area contributed by atoms with Gasteiger partial charge in [-0.05, 0) is 25.7 Å². The zero-order valence-electron chi connectivity index (χ0n) is 11.9. The smallest absolute Gasteiger partial charge is 0.220 e. The van der Waals surface area contributed by atoms with E-state index in [0.717, 1.165) is 38.5 Å². The summed E-state index contributed by atoms with van der Waals surface area (Å²) >= 11 is 1.52. The van der Waals surface area contributed by atoms with Crippen molar-refractivity contribution in [2.45, 2.75) is 79.3 Å². The number of ketones is 1. The maximum Gasteiger partial charge on any atom is 0.220 e. The van der Waals surface area contributed by atoms with Crippen molar-refractivity contribution in [1.29, 1.82) is 0 Å². The van der Waals surface area contributed by atoms with Gasteiger partial charge >= 0.3 is 0 Å². The summed E-state index contributed by atoms with van der Waals surface area (Å²) in [5.41, 5.74) is 0. The molecule has 0 spiro atoms. The molecule has 2 atom stereocenters. The third kappa shape index (κ3) is 4.42. The van der Waals surface area contributed by atoms with E-state index in [4.69, 9.17) is 0 Å². The van der Waals surface area contributed by atoms with E-state index in [1.807, 2.05) is 0 Å². The van der Waals surface area contributed by atoms with Gasteiger partial charge in [-0.1, -0.05) is 38.5 Å². The minimum atomic E-state index is -1.19. The topological polar surface area (TPSA) is 51.2 Å². The first-order chi connectivity index (χ1) is 9.72. The van der Waals surface area contributed by atoms with Crippen LogP contribution >= 0.6 is 11.8 Å². The summed E-state index contributed by atoms with van der Waals surface area (Å²) < 4.78 is 12.1. The lowest BCUT2D eigenvalue weighted by molar-refractivity contribution is -0.128. The highest BCUT2D eigenvalue weighted by Gasteiger charge is 2.34. The Morgan fingerprint density at radius 1 is 1.00 bits per heavy atom. The van der Waals surface area contributed by atoms with Crippen molar-refractivity contribution in [2.24, 2.45) is 0 Å². The van der Waals surface area contributed by atoms with Crippen LogP contribution in [-0.2, 0) is 20.4 Å². The Balaban J connectivity index is 1.99. The molecule has 0 N–H and O–H groups in total. The van der Waals surface area contributed by atoms with E-state index < -0.39 is 21.2 Å². The lowest BCUT2D eigenvalue weighted by Gasteiger charge is -2.28. The van der Waals surface area contributed by atoms with Crippen molar-refractivity contribution in [3.63, 3.8) is 0 Å². The Hall–Kier alpha value is -0.160. The van der Waals surface area contributed by atoms with E-state index in [1.54, 1.807) is 0 Å². The first-order valence-electron chi connectivity index (χ1n) is 7.76. The van der Waals surface area contributed by atoms with Crippen LogP contribution in [0.2, 0.25) is 0 Å². The number of thioether (sulfide) groups is 1. The normalized spacial score (nSPS) is 25.0. The number of carbonyl (C=O) groups excluding carboxylic acids is 2. The molecule has 0 radical (unpaired) electrons. The van der Waals surface area contributed by atoms with Crippen LogP contribution in [0.3, 0.4) is 0 Å². The van der Waals surface area contributed by atoms with E-state index in [9.17, 15) is 13.8 Å². The van der Waals surface area contributed by atoms with Crippen LogP contribution in [0.5, 0.6) is 0 Å². The van der Waals surface area contributed by atoms with Gasteiger partial charge in [-0.3, -0.25) is 13.8 Å². The molecule has 0 aromatic heterocycles. The SMILES string of the molecule is O=CC(=O)C(SC1CCCCC1)S(=O)C1CCCCC1. The molecule has 2 saturated carbocycles. The standard InChI is InChI=1S/C15H24O3S2/c16-11-14(17)15(19-12-7-3-1-4-8-12)20(18)13-9-5-2-6-10-13/h11-13,15H,1-10H2. The molecule has 0 saturated heterocycles. The number of aldehydes is 1. The summed E-state index contributed by atoms with van der Waals surface area (Å²) in [6, 6.07) is 0. The molecule has 114 valence electrons. The molecule has 0 bridgehead atoms. The van der Waals surface area contributed by atoms with Crippen LogP contribution in [-0.4, -0.2) is 31.4 Å². The molecular formula is C15H24O3S2. The molecular weight excluding hydrogens is 292 g/mol. The molecule has 2 aliphatic carbocycles. The minimum Gasteiger partial charge on any atom is -0.295 e. The quantitative estimate of drug-likeness (QED) is 0.557. The van der Waals surface area contributed by atoms with Crippen molar-refractivity contribution in [3.8, 4) is 0 Å². The Labute approximate surface area is 128 Å². The molecule has 5 heteroatoms. The van der Waals surface area contributed by atoms with Gasteiger partial charge in [-0.25, -0.2) is 0 Å². The van der Waals surface area contributed by atoms with Crippen molar-refractivity contribution >= 4 is 34.6 Å². The highest BCUT2D eigenvalue weighted by molar-refractivity contribution is 8.13. The van der Waals surface area contributed by atoms with Crippen LogP contribution in [0.4, 0.5) is 0 Å². The largest absolute Gasteiger partial charge is 0.295 e. The molecule has 20 heavy (non-hydrogen) atoms. The molecule has 2 rings (SSSR count). The third-order valence-corrected chi connectivity index (χ3v) is 8.33. The highest BCUT2D eigenvalue weighted by atomic mass is 32.2. The van der Waals surface area contributed by atoms with Gasteiger partial charge in [0.1, 0.15) is 4.58 Å². The van der Waals surface area contributed by atoms with E-state index in [-0.39, 0.29) is 5.25 Å². The average molecular weight is 316 g/mol. The van der Waals surface area contributed by atoms with Gasteiger partial charge in [0.2, 0.25) is 5.78 Å². The van der Waals surface area contributed by atoms with Crippen LogP contribution in [0, 0.1) is 0 Å². The molecule has 2 fully saturated rings. The number of hydrogen-bond donors (Lipinski definition) is 0. The maximum absolute atomic E-state index is 12.7.